The minimum atomic E-state index is -4.37. The van der Waals surface area contributed by atoms with Gasteiger partial charge in [0.2, 0.25) is 5.88 Å². The average Bonchev–Trinajstić information content (AvgIpc) is 4.02. The highest BCUT2D eigenvalue weighted by Crippen LogP contribution is 2.93. The molecule has 4 fully saturated rings. The van der Waals surface area contributed by atoms with Crippen LogP contribution in [-0.2, 0) is 10.0 Å². The molecule has 2 atom stereocenters. The molecule has 15 heteroatoms. The first-order valence-corrected chi connectivity index (χ1v) is 20.4. The van der Waals surface area contributed by atoms with Crippen molar-refractivity contribution < 1.29 is 27.9 Å². The number of amides is 2. The van der Waals surface area contributed by atoms with Crippen LogP contribution in [0.4, 0.5) is 10.6 Å². The summed E-state index contributed by atoms with van der Waals surface area (Å²) in [6.45, 7) is 12.0. The number of carbonyl (C=O) groups excluding carboxylic acids is 1. The predicted octanol–water partition coefficient (Wildman–Crippen LogP) is 7.03. The Balaban J connectivity index is 0.943. The molecule has 2 amide bonds. The summed E-state index contributed by atoms with van der Waals surface area (Å²) >= 11 is 6.39. The van der Waals surface area contributed by atoms with Crippen molar-refractivity contribution in [2.45, 2.75) is 96.6 Å². The van der Waals surface area contributed by atoms with Gasteiger partial charge in [-0.1, -0.05) is 38.4 Å². The van der Waals surface area contributed by atoms with Gasteiger partial charge in [0, 0.05) is 30.9 Å². The number of sulfonamides is 1. The summed E-state index contributed by atoms with van der Waals surface area (Å²) < 4.78 is 36.1. The van der Waals surface area contributed by atoms with Crippen LogP contribution in [0.1, 0.15) is 96.3 Å². The van der Waals surface area contributed by atoms with Gasteiger partial charge in [-0.2, -0.15) is 8.42 Å². The van der Waals surface area contributed by atoms with Crippen LogP contribution in [0.2, 0.25) is 5.15 Å². The second-order valence-corrected chi connectivity index (χ2v) is 19.4. The molecule has 4 heterocycles. The monoisotopic (exact) mass is 767 g/mol. The van der Waals surface area contributed by atoms with E-state index in [1.165, 1.54) is 53.5 Å². The number of anilines is 1. The molecule has 3 aromatic heterocycles. The van der Waals surface area contributed by atoms with E-state index in [9.17, 15) is 23.1 Å². The Bertz CT molecular complexity index is 1980. The fraction of sp³-hybridized carbons (Fsp3) is 0.605. The minimum Gasteiger partial charge on any atom is -0.477 e. The second-order valence-electron chi connectivity index (χ2n) is 17.4. The van der Waals surface area contributed by atoms with Gasteiger partial charge in [0.15, 0.2) is 10.8 Å². The number of aromatic nitrogens is 4. The van der Waals surface area contributed by atoms with E-state index < -0.39 is 27.6 Å². The molecule has 1 unspecified atom stereocenters. The number of carboxylic acid groups (broad SMARTS) is 1. The molecule has 3 N–H and O–H groups in total. The molecule has 2 spiro atoms. The molecule has 7 rings (SSSR count). The Labute approximate surface area is 316 Å². The summed E-state index contributed by atoms with van der Waals surface area (Å²) in [7, 11) is -4.37. The number of nitrogens with zero attached hydrogens (tertiary/aromatic N) is 5. The Morgan fingerprint density at radius 3 is 2.42 bits per heavy atom. The molecular weight excluding hydrogens is 718 g/mol. The van der Waals surface area contributed by atoms with Crippen molar-refractivity contribution in [3.05, 3.63) is 53.3 Å². The van der Waals surface area contributed by atoms with E-state index >= 15 is 0 Å². The lowest BCUT2D eigenvalue weighted by molar-refractivity contribution is 0.0980. The van der Waals surface area contributed by atoms with Gasteiger partial charge in [-0.3, -0.25) is 4.79 Å². The number of halogens is 1. The molecular formula is C38H50ClN7O6S. The summed E-state index contributed by atoms with van der Waals surface area (Å²) in [5.74, 6) is 1.41. The molecule has 3 saturated carbocycles. The molecule has 3 aliphatic carbocycles. The maximum Gasteiger partial charge on any atom is 0.407 e. The Hall–Kier alpha value is -3.91. The largest absolute Gasteiger partial charge is 0.477 e. The van der Waals surface area contributed by atoms with Crippen LogP contribution in [0.5, 0.6) is 5.88 Å². The normalized spacial score (nSPS) is 21.4. The molecule has 1 saturated heterocycles. The Morgan fingerprint density at radius 1 is 1.08 bits per heavy atom. The van der Waals surface area contributed by atoms with Crippen molar-refractivity contribution in [3.63, 3.8) is 0 Å². The zero-order valence-electron chi connectivity index (χ0n) is 31.1. The number of hydrogen-bond donors (Lipinski definition) is 3. The van der Waals surface area contributed by atoms with Gasteiger partial charge >= 0.3 is 6.09 Å². The smallest absolute Gasteiger partial charge is 0.407 e. The lowest BCUT2D eigenvalue weighted by Crippen LogP contribution is -2.41. The molecule has 0 aromatic carbocycles. The number of likely N-dealkylation sites (tertiary alicyclic amines) is 1. The highest BCUT2D eigenvalue weighted by atomic mass is 35.5. The molecule has 1 aliphatic heterocycles. The van der Waals surface area contributed by atoms with Crippen LogP contribution in [0.25, 0.3) is 5.82 Å². The zero-order chi connectivity index (χ0) is 38.0. The summed E-state index contributed by atoms with van der Waals surface area (Å²) in [5, 5.41) is 16.9. The van der Waals surface area contributed by atoms with Crippen LogP contribution < -0.4 is 14.8 Å². The predicted molar refractivity (Wildman–Crippen MR) is 200 cm³/mol. The molecule has 4 aliphatic rings. The molecule has 3 aromatic rings. The van der Waals surface area contributed by atoms with Crippen LogP contribution in [0, 0.1) is 34.0 Å². The van der Waals surface area contributed by atoms with Gasteiger partial charge < -0.3 is 20.1 Å². The number of ether oxygens (including phenoxy) is 1. The Kier molecular flexibility index (Phi) is 9.48. The van der Waals surface area contributed by atoms with Gasteiger partial charge in [-0.15, -0.1) is 5.10 Å². The Morgan fingerprint density at radius 2 is 1.79 bits per heavy atom. The van der Waals surface area contributed by atoms with E-state index in [1.54, 1.807) is 24.4 Å². The SMILES string of the molecule is CC(C)(C)CC(CNc1cccc(S(=O)(=O)NC(=O)c2ccc(-n3ccc(OCCC4C5(CC5)C45CC5)n3)nc2Cl)n1)C[C@@H]1CN(C(=O)O)C(C)(C)C1. The second kappa shape index (κ2) is 13.4. The summed E-state index contributed by atoms with van der Waals surface area (Å²) in [6.07, 6.45) is 9.80. The van der Waals surface area contributed by atoms with Crippen molar-refractivity contribution in [2.24, 2.45) is 34.0 Å². The third kappa shape index (κ3) is 7.71. The van der Waals surface area contributed by atoms with Gasteiger partial charge in [-0.25, -0.2) is 24.2 Å². The molecule has 286 valence electrons. The number of rotatable bonds is 14. The van der Waals surface area contributed by atoms with E-state index in [0.717, 1.165) is 31.6 Å². The van der Waals surface area contributed by atoms with E-state index in [-0.39, 0.29) is 33.0 Å². The standard InChI is InChI=1S/C38H50ClN7O6S/c1-35(2,3)20-24(19-25-21-36(4,5)45(23-25)34(48)49)22-40-28-7-6-8-31(41-28)53(50,51)44-33(47)26-9-10-29(42-32(26)39)46-17-11-30(43-46)52-18-12-27-37(13-14-37)38(27)15-16-38/h6-11,17,24-25,27H,12-16,18-23H2,1-5H3,(H,40,41)(H,44,47)(H,48,49)/t24?,25-/m0/s1. The van der Waals surface area contributed by atoms with Crippen LogP contribution in [0.3, 0.4) is 0 Å². The van der Waals surface area contributed by atoms with E-state index in [0.29, 0.717) is 48.0 Å². The van der Waals surface area contributed by atoms with Crippen molar-refractivity contribution >= 4 is 39.4 Å². The van der Waals surface area contributed by atoms with Crippen molar-refractivity contribution in [3.8, 4) is 11.7 Å². The van der Waals surface area contributed by atoms with Crippen molar-refractivity contribution in [1.29, 1.82) is 0 Å². The molecule has 0 radical (unpaired) electrons. The average molecular weight is 768 g/mol. The summed E-state index contributed by atoms with van der Waals surface area (Å²) in [5.41, 5.74) is 0.753. The first-order valence-electron chi connectivity index (χ1n) is 18.6. The lowest BCUT2D eigenvalue weighted by atomic mass is 9.79. The molecule has 0 bridgehead atoms. The van der Waals surface area contributed by atoms with Crippen molar-refractivity contribution in [2.75, 3.05) is 25.0 Å². The number of pyridine rings is 2. The number of nitrogens with one attached hydrogen (secondary N) is 2. The van der Waals surface area contributed by atoms with Gasteiger partial charge in [0.25, 0.3) is 15.9 Å². The third-order valence-electron chi connectivity index (χ3n) is 11.9. The summed E-state index contributed by atoms with van der Waals surface area (Å²) in [4.78, 5) is 35.1. The fourth-order valence-corrected chi connectivity index (χ4v) is 10.6. The minimum absolute atomic E-state index is 0.0220. The number of fused-ring (bicyclic) bond motifs is 1. The van der Waals surface area contributed by atoms with Gasteiger partial charge in [0.05, 0.1) is 12.2 Å². The first-order chi connectivity index (χ1) is 24.9. The summed E-state index contributed by atoms with van der Waals surface area (Å²) in [6, 6.07) is 9.22. The highest BCUT2D eigenvalue weighted by Gasteiger charge is 2.85. The topological polar surface area (TPSA) is 169 Å². The maximum atomic E-state index is 13.3. The molecule has 53 heavy (non-hydrogen) atoms. The van der Waals surface area contributed by atoms with E-state index in [4.69, 9.17) is 16.3 Å². The highest BCUT2D eigenvalue weighted by molar-refractivity contribution is 7.90. The quantitative estimate of drug-likeness (QED) is 0.145. The van der Waals surface area contributed by atoms with Crippen molar-refractivity contribution in [1.82, 2.24) is 29.4 Å². The molecule has 13 nitrogen and oxygen atoms in total. The van der Waals surface area contributed by atoms with Gasteiger partial charge in [0.1, 0.15) is 11.0 Å². The fourth-order valence-electron chi connectivity index (χ4n) is 9.47. The lowest BCUT2D eigenvalue weighted by Gasteiger charge is -2.28. The number of carbonyl (C=O) groups is 2. The van der Waals surface area contributed by atoms with Crippen LogP contribution in [-0.4, -0.2) is 75.4 Å². The number of hydrogen-bond acceptors (Lipinski definition) is 9. The third-order valence-corrected chi connectivity index (χ3v) is 13.4. The maximum absolute atomic E-state index is 13.3. The van der Waals surface area contributed by atoms with Crippen LogP contribution in [0.15, 0.2) is 47.6 Å². The van der Waals surface area contributed by atoms with Crippen LogP contribution >= 0.6 is 11.6 Å². The first kappa shape index (κ1) is 37.4. The van der Waals surface area contributed by atoms with Gasteiger partial charge in [-0.05, 0) is 123 Å². The van der Waals surface area contributed by atoms with E-state index in [1.807, 2.05) is 13.8 Å². The van der Waals surface area contributed by atoms with E-state index in [2.05, 4.69) is 45.9 Å². The zero-order valence-corrected chi connectivity index (χ0v) is 32.6.